The number of methoxy groups -OCH3 is 1. The fraction of sp³-hybridized carbons (Fsp3) is 0.933. The smallest absolute Gasteiger partial charge is 0.306 e. The lowest BCUT2D eigenvalue weighted by Gasteiger charge is -2.48. The molecule has 0 aromatic carbocycles. The summed E-state index contributed by atoms with van der Waals surface area (Å²) in [7, 11) is 1.57. The molecule has 1 atom stereocenters. The molecule has 1 rings (SSSR count). The van der Waals surface area contributed by atoms with Crippen molar-refractivity contribution in [1.29, 1.82) is 0 Å². The summed E-state index contributed by atoms with van der Waals surface area (Å²) in [5, 5.41) is 12.7. The number of ether oxygens (including phenoxy) is 2. The topological polar surface area (TPSA) is 67.8 Å². The van der Waals surface area contributed by atoms with E-state index in [0.29, 0.717) is 0 Å². The van der Waals surface area contributed by atoms with Gasteiger partial charge >= 0.3 is 5.97 Å². The van der Waals surface area contributed by atoms with Gasteiger partial charge in [-0.15, -0.1) is 0 Å². The molecule has 5 nitrogen and oxygen atoms in total. The Morgan fingerprint density at radius 1 is 1.30 bits per heavy atom. The van der Waals surface area contributed by atoms with Crippen molar-refractivity contribution in [3.05, 3.63) is 0 Å². The zero-order valence-corrected chi connectivity index (χ0v) is 13.6. The standard InChI is InChI=1S/C15H29NO4/c1-13(2)7-11(8-14(3,4)16-13)20-15(5,10-19-6)9-12(17)18/h11,16H,7-10H2,1-6H3,(H,17,18). The van der Waals surface area contributed by atoms with Crippen LogP contribution in [0.15, 0.2) is 0 Å². The van der Waals surface area contributed by atoms with E-state index < -0.39 is 11.6 Å². The Morgan fingerprint density at radius 2 is 1.80 bits per heavy atom. The summed E-state index contributed by atoms with van der Waals surface area (Å²) >= 11 is 0. The van der Waals surface area contributed by atoms with Gasteiger partial charge in [0, 0.05) is 18.2 Å². The van der Waals surface area contributed by atoms with Gasteiger partial charge in [-0.3, -0.25) is 4.79 Å². The van der Waals surface area contributed by atoms with Gasteiger partial charge in [-0.05, 0) is 47.5 Å². The molecule has 1 saturated heterocycles. The van der Waals surface area contributed by atoms with Crippen LogP contribution in [0.25, 0.3) is 0 Å². The molecule has 0 aliphatic carbocycles. The molecular formula is C15H29NO4. The Hall–Kier alpha value is -0.650. The van der Waals surface area contributed by atoms with E-state index in [2.05, 4.69) is 33.0 Å². The van der Waals surface area contributed by atoms with Crippen molar-refractivity contribution in [3.8, 4) is 0 Å². The summed E-state index contributed by atoms with van der Waals surface area (Å²) < 4.78 is 11.3. The van der Waals surface area contributed by atoms with Crippen molar-refractivity contribution in [1.82, 2.24) is 5.32 Å². The van der Waals surface area contributed by atoms with Gasteiger partial charge in [0.15, 0.2) is 0 Å². The van der Waals surface area contributed by atoms with Crippen molar-refractivity contribution in [3.63, 3.8) is 0 Å². The number of hydrogen-bond donors (Lipinski definition) is 2. The zero-order valence-electron chi connectivity index (χ0n) is 13.6. The highest BCUT2D eigenvalue weighted by molar-refractivity contribution is 5.68. The minimum atomic E-state index is -0.864. The lowest BCUT2D eigenvalue weighted by atomic mass is 9.80. The molecule has 2 N–H and O–H groups in total. The highest BCUT2D eigenvalue weighted by Gasteiger charge is 2.41. The van der Waals surface area contributed by atoms with E-state index in [0.717, 1.165) is 12.8 Å². The quantitative estimate of drug-likeness (QED) is 0.784. The van der Waals surface area contributed by atoms with E-state index in [1.165, 1.54) is 0 Å². The lowest BCUT2D eigenvalue weighted by Crippen LogP contribution is -2.60. The number of aliphatic carboxylic acids is 1. The number of nitrogens with one attached hydrogen (secondary N) is 1. The van der Waals surface area contributed by atoms with Crippen LogP contribution >= 0.6 is 0 Å². The van der Waals surface area contributed by atoms with E-state index in [9.17, 15) is 4.79 Å². The fourth-order valence-corrected chi connectivity index (χ4v) is 3.47. The monoisotopic (exact) mass is 287 g/mol. The maximum atomic E-state index is 11.0. The number of carbonyl (C=O) groups is 1. The van der Waals surface area contributed by atoms with Crippen LogP contribution in [0.1, 0.15) is 53.9 Å². The zero-order chi connectivity index (χ0) is 15.6. The van der Waals surface area contributed by atoms with Crippen molar-refractivity contribution < 1.29 is 19.4 Å². The van der Waals surface area contributed by atoms with Crippen LogP contribution in [0.4, 0.5) is 0 Å². The fourth-order valence-electron chi connectivity index (χ4n) is 3.47. The van der Waals surface area contributed by atoms with Crippen LogP contribution < -0.4 is 5.32 Å². The molecule has 118 valence electrons. The van der Waals surface area contributed by atoms with Crippen LogP contribution in [0.2, 0.25) is 0 Å². The van der Waals surface area contributed by atoms with E-state index in [1.54, 1.807) is 7.11 Å². The molecule has 0 aromatic rings. The average molecular weight is 287 g/mol. The second-order valence-electron chi connectivity index (χ2n) is 7.49. The van der Waals surface area contributed by atoms with E-state index >= 15 is 0 Å². The van der Waals surface area contributed by atoms with Crippen molar-refractivity contribution in [2.24, 2.45) is 0 Å². The maximum Gasteiger partial charge on any atom is 0.306 e. The van der Waals surface area contributed by atoms with Gasteiger partial charge in [-0.1, -0.05) is 0 Å². The summed E-state index contributed by atoms with van der Waals surface area (Å²) in [6.07, 6.45) is 1.69. The number of carboxylic acid groups (broad SMARTS) is 1. The highest BCUT2D eigenvalue weighted by Crippen LogP contribution is 2.33. The summed E-state index contributed by atoms with van der Waals surface area (Å²) in [5.74, 6) is -0.864. The van der Waals surface area contributed by atoms with Crippen LogP contribution in [0, 0.1) is 0 Å². The molecule has 1 aliphatic heterocycles. The Balaban J connectivity index is 2.79. The number of carboxylic acids is 1. The lowest BCUT2D eigenvalue weighted by molar-refractivity contribution is -0.164. The second kappa shape index (κ2) is 6.00. The molecule has 1 fully saturated rings. The molecule has 1 heterocycles. The maximum absolute atomic E-state index is 11.0. The number of rotatable bonds is 6. The Morgan fingerprint density at radius 3 is 2.20 bits per heavy atom. The molecule has 0 spiro atoms. The van der Waals surface area contributed by atoms with Crippen LogP contribution in [-0.2, 0) is 14.3 Å². The third-order valence-electron chi connectivity index (χ3n) is 3.58. The van der Waals surface area contributed by atoms with E-state index in [1.807, 2.05) is 6.92 Å². The summed E-state index contributed by atoms with van der Waals surface area (Å²) in [5.41, 5.74) is -0.831. The Bertz CT molecular complexity index is 338. The van der Waals surface area contributed by atoms with E-state index in [-0.39, 0.29) is 30.2 Å². The van der Waals surface area contributed by atoms with Gasteiger partial charge in [0.05, 0.1) is 24.7 Å². The third-order valence-corrected chi connectivity index (χ3v) is 3.58. The van der Waals surface area contributed by atoms with Crippen molar-refractivity contribution >= 4 is 5.97 Å². The van der Waals surface area contributed by atoms with Gasteiger partial charge in [0.25, 0.3) is 0 Å². The van der Waals surface area contributed by atoms with Gasteiger partial charge in [-0.25, -0.2) is 0 Å². The third kappa shape index (κ3) is 5.38. The Labute approximate surface area is 122 Å². The van der Waals surface area contributed by atoms with Crippen LogP contribution in [-0.4, -0.2) is 47.6 Å². The summed E-state index contributed by atoms with van der Waals surface area (Å²) in [6, 6.07) is 0. The molecule has 0 bridgehead atoms. The van der Waals surface area contributed by atoms with Crippen LogP contribution in [0.5, 0.6) is 0 Å². The van der Waals surface area contributed by atoms with Crippen molar-refractivity contribution in [2.45, 2.75) is 76.7 Å². The molecule has 0 amide bonds. The van der Waals surface area contributed by atoms with Gasteiger partial charge in [-0.2, -0.15) is 0 Å². The molecule has 20 heavy (non-hydrogen) atoms. The first-order valence-corrected chi connectivity index (χ1v) is 7.15. The Kier molecular flexibility index (Phi) is 5.22. The number of piperidine rings is 1. The SMILES string of the molecule is COCC(C)(CC(=O)O)OC1CC(C)(C)NC(C)(C)C1. The first-order valence-electron chi connectivity index (χ1n) is 7.15. The second-order valence-corrected chi connectivity index (χ2v) is 7.49. The molecule has 0 radical (unpaired) electrons. The predicted octanol–water partition coefficient (Wildman–Crippen LogP) is 2.19. The molecule has 0 saturated carbocycles. The summed E-state index contributed by atoms with van der Waals surface area (Å²) in [6.45, 7) is 10.7. The highest BCUT2D eigenvalue weighted by atomic mass is 16.5. The molecular weight excluding hydrogens is 258 g/mol. The normalized spacial score (nSPS) is 25.1. The largest absolute Gasteiger partial charge is 0.481 e. The molecule has 1 unspecified atom stereocenters. The molecule has 0 aromatic heterocycles. The van der Waals surface area contributed by atoms with Crippen LogP contribution in [0.3, 0.4) is 0 Å². The number of hydrogen-bond acceptors (Lipinski definition) is 4. The minimum Gasteiger partial charge on any atom is -0.481 e. The molecule has 1 aliphatic rings. The van der Waals surface area contributed by atoms with Gasteiger partial charge in [0.1, 0.15) is 0 Å². The minimum absolute atomic E-state index is 0.0242. The average Bonchev–Trinajstić information content (AvgIpc) is 2.08. The summed E-state index contributed by atoms with van der Waals surface area (Å²) in [4.78, 5) is 11.0. The van der Waals surface area contributed by atoms with Gasteiger partial charge < -0.3 is 19.9 Å². The van der Waals surface area contributed by atoms with Gasteiger partial charge in [0.2, 0.25) is 0 Å². The van der Waals surface area contributed by atoms with Crippen molar-refractivity contribution in [2.75, 3.05) is 13.7 Å². The predicted molar refractivity (Wildman–Crippen MR) is 77.9 cm³/mol. The van der Waals surface area contributed by atoms with E-state index in [4.69, 9.17) is 14.6 Å². The first kappa shape index (κ1) is 17.4. The first-order chi connectivity index (χ1) is 8.97. The molecule has 5 heteroatoms.